The maximum absolute atomic E-state index is 12.2. The van der Waals surface area contributed by atoms with Crippen LogP contribution >= 0.6 is 0 Å². The van der Waals surface area contributed by atoms with Crippen molar-refractivity contribution in [2.75, 3.05) is 38.2 Å². The van der Waals surface area contributed by atoms with Crippen molar-refractivity contribution in [3.05, 3.63) is 36.0 Å². The van der Waals surface area contributed by atoms with Crippen molar-refractivity contribution in [2.24, 2.45) is 0 Å². The summed E-state index contributed by atoms with van der Waals surface area (Å²) in [5, 5.41) is 0. The van der Waals surface area contributed by atoms with Crippen molar-refractivity contribution >= 4 is 23.4 Å². The molecule has 0 radical (unpaired) electrons. The number of carbonyl (C=O) groups is 2. The lowest BCUT2D eigenvalue weighted by molar-refractivity contribution is 0.0240. The van der Waals surface area contributed by atoms with E-state index >= 15 is 0 Å². The van der Waals surface area contributed by atoms with Crippen LogP contribution in [0, 0.1) is 0 Å². The Bertz CT molecular complexity index is 814. The molecule has 3 heterocycles. The van der Waals surface area contributed by atoms with Crippen molar-refractivity contribution in [1.29, 1.82) is 0 Å². The summed E-state index contributed by atoms with van der Waals surface area (Å²) in [5.74, 6) is 0.635. The number of nitrogens with zero attached hydrogens (tertiary/aromatic N) is 3. The third-order valence-corrected chi connectivity index (χ3v) is 4.31. The van der Waals surface area contributed by atoms with Gasteiger partial charge in [-0.3, -0.25) is 0 Å². The third-order valence-electron chi connectivity index (χ3n) is 4.31. The van der Waals surface area contributed by atoms with Gasteiger partial charge in [-0.25, -0.2) is 9.59 Å². The molecule has 1 fully saturated rings. The molecular formula is C19H25N3O4. The van der Waals surface area contributed by atoms with Crippen molar-refractivity contribution < 1.29 is 19.1 Å². The molecule has 0 bridgehead atoms. The Morgan fingerprint density at radius 2 is 1.65 bits per heavy atom. The summed E-state index contributed by atoms with van der Waals surface area (Å²) in [6, 6.07) is 7.69. The molecule has 26 heavy (non-hydrogen) atoms. The summed E-state index contributed by atoms with van der Waals surface area (Å²) >= 11 is 0. The van der Waals surface area contributed by atoms with Crippen molar-refractivity contribution in [2.45, 2.75) is 26.4 Å². The lowest BCUT2D eigenvalue weighted by atomic mass is 10.2. The van der Waals surface area contributed by atoms with Crippen molar-refractivity contribution in [3.63, 3.8) is 0 Å². The van der Waals surface area contributed by atoms with Crippen LogP contribution in [0.15, 0.2) is 30.5 Å². The molecule has 0 N–H and O–H groups in total. The summed E-state index contributed by atoms with van der Waals surface area (Å²) in [6.45, 7) is 8.20. The molecule has 1 saturated heterocycles. The molecule has 0 atom stereocenters. The van der Waals surface area contributed by atoms with Crippen LogP contribution in [-0.2, 0) is 9.47 Å². The number of piperazine rings is 1. The highest BCUT2D eigenvalue weighted by atomic mass is 16.6. The number of carbonyl (C=O) groups excluding carboxylic acids is 2. The van der Waals surface area contributed by atoms with Crippen LogP contribution in [0.4, 0.5) is 10.6 Å². The number of ether oxygens (including phenoxy) is 2. The molecule has 1 amide bonds. The van der Waals surface area contributed by atoms with E-state index in [-0.39, 0.29) is 12.1 Å². The van der Waals surface area contributed by atoms with E-state index in [9.17, 15) is 9.59 Å². The molecule has 0 unspecified atom stereocenters. The molecule has 3 rings (SSSR count). The largest absolute Gasteiger partial charge is 0.465 e. The Labute approximate surface area is 153 Å². The zero-order chi connectivity index (χ0) is 18.9. The molecule has 0 aromatic carbocycles. The molecule has 7 heteroatoms. The second-order valence-electron chi connectivity index (χ2n) is 7.35. The van der Waals surface area contributed by atoms with Crippen molar-refractivity contribution in [1.82, 2.24) is 9.30 Å². The van der Waals surface area contributed by atoms with Gasteiger partial charge in [0.2, 0.25) is 0 Å². The maximum atomic E-state index is 12.2. The number of hydrogen-bond donors (Lipinski definition) is 0. The van der Waals surface area contributed by atoms with Crippen molar-refractivity contribution in [3.8, 4) is 0 Å². The number of hydrogen-bond acceptors (Lipinski definition) is 5. The molecule has 1 aliphatic rings. The van der Waals surface area contributed by atoms with Gasteiger partial charge in [0.25, 0.3) is 0 Å². The molecule has 2 aromatic rings. The predicted octanol–water partition coefficient (Wildman–Crippen LogP) is 2.78. The van der Waals surface area contributed by atoms with Gasteiger partial charge in [-0.1, -0.05) is 0 Å². The van der Waals surface area contributed by atoms with Gasteiger partial charge in [-0.15, -0.1) is 0 Å². The number of anilines is 1. The minimum atomic E-state index is -0.490. The highest BCUT2D eigenvalue weighted by Crippen LogP contribution is 2.22. The molecular weight excluding hydrogens is 334 g/mol. The monoisotopic (exact) mass is 359 g/mol. The third kappa shape index (κ3) is 3.76. The normalized spacial score (nSPS) is 15.2. The van der Waals surface area contributed by atoms with Crippen LogP contribution in [0.5, 0.6) is 0 Å². The van der Waals surface area contributed by atoms with Gasteiger partial charge in [0.1, 0.15) is 11.4 Å². The van der Waals surface area contributed by atoms with Gasteiger partial charge in [0.05, 0.1) is 12.7 Å². The number of esters is 1. The van der Waals surface area contributed by atoms with Crippen LogP contribution in [-0.4, -0.2) is 60.3 Å². The molecule has 0 saturated carbocycles. The van der Waals surface area contributed by atoms with Gasteiger partial charge in [0, 0.05) is 37.9 Å². The summed E-state index contributed by atoms with van der Waals surface area (Å²) in [5.41, 5.74) is 1.02. The molecule has 0 spiro atoms. The summed E-state index contributed by atoms with van der Waals surface area (Å²) < 4.78 is 12.2. The van der Waals surface area contributed by atoms with E-state index < -0.39 is 5.60 Å². The summed E-state index contributed by atoms with van der Waals surface area (Å²) in [6.07, 6.45) is 1.52. The maximum Gasteiger partial charge on any atom is 0.410 e. The van der Waals surface area contributed by atoms with Crippen LogP contribution in [0.1, 0.15) is 31.1 Å². The van der Waals surface area contributed by atoms with E-state index in [0.29, 0.717) is 31.7 Å². The molecule has 2 aromatic heterocycles. The van der Waals surface area contributed by atoms with E-state index in [1.165, 1.54) is 7.11 Å². The standard InChI is InChI=1S/C19H25N3O4/c1-19(2,3)26-18(24)21-11-9-20(10-12-21)16-8-7-15-6-5-14(13-22(15)16)17(23)25-4/h5-8,13H,9-12H2,1-4H3. The summed E-state index contributed by atoms with van der Waals surface area (Å²) in [4.78, 5) is 27.9. The fourth-order valence-electron chi connectivity index (χ4n) is 3.03. The average Bonchev–Trinajstić information content (AvgIpc) is 3.02. The zero-order valence-electron chi connectivity index (χ0n) is 15.7. The lowest BCUT2D eigenvalue weighted by Gasteiger charge is -2.36. The predicted molar refractivity (Wildman–Crippen MR) is 98.8 cm³/mol. The zero-order valence-corrected chi connectivity index (χ0v) is 15.7. The minimum absolute atomic E-state index is 0.273. The number of fused-ring (bicyclic) bond motifs is 1. The molecule has 1 aliphatic heterocycles. The van der Waals surface area contributed by atoms with E-state index in [2.05, 4.69) is 4.90 Å². The smallest absolute Gasteiger partial charge is 0.410 e. The van der Waals surface area contributed by atoms with Gasteiger partial charge in [-0.05, 0) is 45.0 Å². The Morgan fingerprint density at radius 1 is 1.00 bits per heavy atom. The average molecular weight is 359 g/mol. The van der Waals surface area contributed by atoms with Crippen LogP contribution < -0.4 is 4.90 Å². The van der Waals surface area contributed by atoms with Crippen LogP contribution in [0.25, 0.3) is 5.52 Å². The van der Waals surface area contributed by atoms with E-state index in [0.717, 1.165) is 11.3 Å². The molecule has 0 aliphatic carbocycles. The van der Waals surface area contributed by atoms with Gasteiger partial charge in [-0.2, -0.15) is 0 Å². The van der Waals surface area contributed by atoms with Gasteiger partial charge in [0.15, 0.2) is 0 Å². The van der Waals surface area contributed by atoms with Crippen LogP contribution in [0.2, 0.25) is 0 Å². The minimum Gasteiger partial charge on any atom is -0.465 e. The quantitative estimate of drug-likeness (QED) is 0.772. The fraction of sp³-hybridized carbons (Fsp3) is 0.474. The van der Waals surface area contributed by atoms with E-state index in [1.54, 1.807) is 17.2 Å². The topological polar surface area (TPSA) is 63.5 Å². The number of amides is 1. The van der Waals surface area contributed by atoms with E-state index in [4.69, 9.17) is 9.47 Å². The van der Waals surface area contributed by atoms with Gasteiger partial charge >= 0.3 is 12.1 Å². The first-order chi connectivity index (χ1) is 12.3. The highest BCUT2D eigenvalue weighted by molar-refractivity contribution is 5.89. The Morgan fingerprint density at radius 3 is 2.27 bits per heavy atom. The van der Waals surface area contributed by atoms with Crippen LogP contribution in [0.3, 0.4) is 0 Å². The fourth-order valence-corrected chi connectivity index (χ4v) is 3.03. The van der Waals surface area contributed by atoms with Gasteiger partial charge < -0.3 is 23.7 Å². The Balaban J connectivity index is 1.73. The molecule has 7 nitrogen and oxygen atoms in total. The highest BCUT2D eigenvalue weighted by Gasteiger charge is 2.26. The number of methoxy groups -OCH3 is 1. The number of pyridine rings is 1. The second-order valence-corrected chi connectivity index (χ2v) is 7.35. The lowest BCUT2D eigenvalue weighted by Crippen LogP contribution is -2.50. The number of rotatable bonds is 2. The summed E-state index contributed by atoms with van der Waals surface area (Å²) in [7, 11) is 1.37. The second kappa shape index (κ2) is 6.90. The van der Waals surface area contributed by atoms with E-state index in [1.807, 2.05) is 43.4 Å². The first kappa shape index (κ1) is 18.1. The Hall–Kier alpha value is -2.70. The Kier molecular flexibility index (Phi) is 4.80. The molecule has 140 valence electrons. The first-order valence-corrected chi connectivity index (χ1v) is 8.71. The SMILES string of the molecule is COC(=O)c1ccc2ccc(N3CCN(C(=O)OC(C)(C)C)CC3)n2c1. The first-order valence-electron chi connectivity index (χ1n) is 8.71. The number of aromatic nitrogens is 1.